The van der Waals surface area contributed by atoms with Gasteiger partial charge in [-0.25, -0.2) is 0 Å². The Bertz CT molecular complexity index is 2610. The molecule has 0 aliphatic carbocycles. The van der Waals surface area contributed by atoms with Gasteiger partial charge in [0.05, 0.1) is 0 Å². The molecule has 4 heteroatoms. The molecule has 0 unspecified atom stereocenters. The van der Waals surface area contributed by atoms with E-state index < -0.39 is 15.2 Å². The summed E-state index contributed by atoms with van der Waals surface area (Å²) in [5, 5.41) is 8.91. The maximum atomic E-state index is 7.68. The number of hydrogen-bond donors (Lipinski definition) is 0. The van der Waals surface area contributed by atoms with Crippen molar-refractivity contribution >= 4 is 52.3 Å². The second-order valence-corrected chi connectivity index (χ2v) is 20.5. The van der Waals surface area contributed by atoms with Crippen LogP contribution in [-0.2, 0) is 11.8 Å². The van der Waals surface area contributed by atoms with Gasteiger partial charge < -0.3 is 9.47 Å². The van der Waals surface area contributed by atoms with Gasteiger partial charge in [0, 0.05) is 33.8 Å². The first-order valence-electron chi connectivity index (χ1n) is 19.3. The quantitative estimate of drug-likeness (QED) is 0.151. The van der Waals surface area contributed by atoms with Crippen molar-refractivity contribution in [3.63, 3.8) is 0 Å². The van der Waals surface area contributed by atoms with E-state index in [0.717, 1.165) is 29.4 Å². The number of rotatable bonds is 7. The minimum absolute atomic E-state index is 0.343. The molecule has 0 spiro atoms. The SMILES string of the molecule is CC1(C)c2cccc(P(c3ccccc3)c3ccccc3)c2Oc2c1cccc2[P+](c1ccccc1)(c1ccccc1)c1cccc2c1Cc1ccccc1O2. The molecule has 0 amide bonds. The highest BCUT2D eigenvalue weighted by molar-refractivity contribution is 8.01. The Kier molecular flexibility index (Phi) is 8.71. The zero-order valence-corrected chi connectivity index (χ0v) is 33.3. The highest BCUT2D eigenvalue weighted by atomic mass is 31.2. The average Bonchev–Trinajstić information content (AvgIpc) is 3.25. The third kappa shape index (κ3) is 5.55. The van der Waals surface area contributed by atoms with E-state index in [1.165, 1.54) is 59.4 Å². The molecule has 56 heavy (non-hydrogen) atoms. The van der Waals surface area contributed by atoms with Crippen molar-refractivity contribution in [3.05, 3.63) is 222 Å². The Morgan fingerprint density at radius 1 is 0.446 bits per heavy atom. The predicted molar refractivity (Wildman–Crippen MR) is 238 cm³/mol. The van der Waals surface area contributed by atoms with Crippen LogP contribution in [0.1, 0.15) is 36.1 Å². The second kappa shape index (κ2) is 14.1. The molecule has 2 nitrogen and oxygen atoms in total. The third-order valence-corrected chi connectivity index (χ3v) is 18.3. The second-order valence-electron chi connectivity index (χ2n) is 15.0. The molecule has 2 aliphatic rings. The normalized spacial score (nSPS) is 13.7. The fraction of sp³-hybridized carbons (Fsp3) is 0.0769. The molecular weight excluding hydrogens is 719 g/mol. The van der Waals surface area contributed by atoms with Crippen LogP contribution in [0.15, 0.2) is 200 Å². The lowest BCUT2D eigenvalue weighted by Crippen LogP contribution is -2.42. The molecular formula is C52H41O2P2+. The molecule has 270 valence electrons. The molecule has 0 atom stereocenters. The lowest BCUT2D eigenvalue weighted by atomic mass is 9.76. The maximum Gasteiger partial charge on any atom is 0.174 e. The van der Waals surface area contributed by atoms with Crippen LogP contribution >= 0.6 is 15.2 Å². The fourth-order valence-corrected chi connectivity index (χ4v) is 15.8. The van der Waals surface area contributed by atoms with Crippen molar-refractivity contribution in [2.45, 2.75) is 25.7 Å². The summed E-state index contributed by atoms with van der Waals surface area (Å²) in [6.07, 6.45) is 0.788. The molecule has 2 aliphatic heterocycles. The Morgan fingerprint density at radius 2 is 0.946 bits per heavy atom. The minimum atomic E-state index is -2.66. The highest BCUT2D eigenvalue weighted by Gasteiger charge is 2.54. The van der Waals surface area contributed by atoms with Crippen LogP contribution in [0.2, 0.25) is 0 Å². The van der Waals surface area contributed by atoms with Crippen LogP contribution in [0, 0.1) is 0 Å². The highest BCUT2D eigenvalue weighted by Crippen LogP contribution is 2.61. The zero-order chi connectivity index (χ0) is 37.7. The van der Waals surface area contributed by atoms with Gasteiger partial charge in [-0.2, -0.15) is 0 Å². The third-order valence-electron chi connectivity index (χ3n) is 11.5. The van der Waals surface area contributed by atoms with Crippen molar-refractivity contribution < 1.29 is 9.47 Å². The maximum absolute atomic E-state index is 7.68. The van der Waals surface area contributed by atoms with Gasteiger partial charge in [-0.05, 0) is 72.6 Å². The van der Waals surface area contributed by atoms with Crippen molar-refractivity contribution in [2.24, 2.45) is 0 Å². The average molecular weight is 760 g/mol. The summed E-state index contributed by atoms with van der Waals surface area (Å²) < 4.78 is 14.4. The van der Waals surface area contributed by atoms with Crippen molar-refractivity contribution in [2.75, 3.05) is 0 Å². The standard InChI is InChI=1S/C52H41O2P2/c1-52(2)43-29-17-33-47(55(38-21-7-3-8-22-38)39-23-9-4-10-24-39)50(43)54-51-44(52)30-18-35-49(51)56(40-25-11-5-12-26-40,41-27-13-6-14-28-41)48-34-19-32-46-42(48)36-37-20-15-16-31-45(37)53-46/h3-35H,36H2,1-2H3/q+1. The van der Waals surface area contributed by atoms with E-state index in [2.05, 4.69) is 214 Å². The van der Waals surface area contributed by atoms with Gasteiger partial charge in [-0.3, -0.25) is 0 Å². The topological polar surface area (TPSA) is 18.5 Å². The van der Waals surface area contributed by atoms with E-state index in [1.807, 2.05) is 0 Å². The van der Waals surface area contributed by atoms with Crippen molar-refractivity contribution in [3.8, 4) is 23.0 Å². The summed E-state index contributed by atoms with van der Waals surface area (Å²) in [7, 11) is -3.59. The molecule has 8 aromatic rings. The van der Waals surface area contributed by atoms with Crippen LogP contribution in [0.3, 0.4) is 0 Å². The van der Waals surface area contributed by atoms with Crippen molar-refractivity contribution in [1.82, 2.24) is 0 Å². The number of benzene rings is 8. The van der Waals surface area contributed by atoms with Crippen molar-refractivity contribution in [1.29, 1.82) is 0 Å². The van der Waals surface area contributed by atoms with Crippen LogP contribution in [-0.4, -0.2) is 0 Å². The first-order chi connectivity index (χ1) is 27.5. The molecule has 0 bridgehead atoms. The predicted octanol–water partition coefficient (Wildman–Crippen LogP) is 10.2. The number of ether oxygens (including phenoxy) is 2. The zero-order valence-electron chi connectivity index (χ0n) is 31.5. The van der Waals surface area contributed by atoms with E-state index in [4.69, 9.17) is 9.47 Å². The Hall–Kier alpha value is -5.78. The molecule has 0 saturated carbocycles. The molecule has 0 fully saturated rings. The van der Waals surface area contributed by atoms with Crippen LogP contribution in [0.5, 0.6) is 23.0 Å². The van der Waals surface area contributed by atoms with Gasteiger partial charge in [0.1, 0.15) is 40.4 Å². The van der Waals surface area contributed by atoms with Gasteiger partial charge in [-0.1, -0.05) is 166 Å². The van der Waals surface area contributed by atoms with E-state index in [-0.39, 0.29) is 5.41 Å². The lowest BCUT2D eigenvalue weighted by molar-refractivity contribution is 0.425. The molecule has 2 heterocycles. The Morgan fingerprint density at radius 3 is 1.59 bits per heavy atom. The number of fused-ring (bicyclic) bond motifs is 4. The summed E-state index contributed by atoms with van der Waals surface area (Å²) in [6.45, 7) is 4.74. The molecule has 8 aromatic carbocycles. The molecule has 0 N–H and O–H groups in total. The van der Waals surface area contributed by atoms with E-state index in [1.54, 1.807) is 0 Å². The molecule has 0 saturated heterocycles. The first-order valence-corrected chi connectivity index (χ1v) is 22.4. The summed E-state index contributed by atoms with van der Waals surface area (Å²) in [5.41, 5.74) is 4.51. The van der Waals surface area contributed by atoms with Crippen LogP contribution in [0.25, 0.3) is 0 Å². The summed E-state index contributed by atoms with van der Waals surface area (Å²) >= 11 is 0. The van der Waals surface area contributed by atoms with E-state index in [0.29, 0.717) is 0 Å². The molecule has 0 radical (unpaired) electrons. The first kappa shape index (κ1) is 34.7. The lowest BCUT2D eigenvalue weighted by Gasteiger charge is -2.39. The Balaban J connectivity index is 1.27. The number of hydrogen-bond acceptors (Lipinski definition) is 2. The summed E-state index contributed by atoms with van der Waals surface area (Å²) in [4.78, 5) is 0. The summed E-state index contributed by atoms with van der Waals surface area (Å²) in [5.74, 6) is 3.79. The minimum Gasteiger partial charge on any atom is -0.457 e. The van der Waals surface area contributed by atoms with Gasteiger partial charge >= 0.3 is 0 Å². The largest absolute Gasteiger partial charge is 0.457 e. The Labute approximate surface area is 331 Å². The van der Waals surface area contributed by atoms with Crippen LogP contribution < -0.4 is 46.6 Å². The summed E-state index contributed by atoms with van der Waals surface area (Å²) in [6, 6.07) is 73.1. The van der Waals surface area contributed by atoms with Gasteiger partial charge in [0.25, 0.3) is 0 Å². The van der Waals surface area contributed by atoms with E-state index in [9.17, 15) is 0 Å². The molecule has 0 aromatic heterocycles. The van der Waals surface area contributed by atoms with Crippen LogP contribution in [0.4, 0.5) is 0 Å². The number of para-hydroxylation sites is 3. The van der Waals surface area contributed by atoms with Gasteiger partial charge in [-0.15, -0.1) is 0 Å². The monoisotopic (exact) mass is 759 g/mol. The van der Waals surface area contributed by atoms with E-state index >= 15 is 0 Å². The fourth-order valence-electron chi connectivity index (χ4n) is 8.86. The molecule has 10 rings (SSSR count). The van der Waals surface area contributed by atoms with Gasteiger partial charge in [0.2, 0.25) is 0 Å². The smallest absolute Gasteiger partial charge is 0.174 e. The van der Waals surface area contributed by atoms with Gasteiger partial charge in [0.15, 0.2) is 11.1 Å².